The average molecular weight is 360 g/mol. The second-order valence-corrected chi connectivity index (χ2v) is 7.95. The molecule has 0 N–H and O–H groups in total. The van der Waals surface area contributed by atoms with Gasteiger partial charge in [0.15, 0.2) is 17.1 Å². The van der Waals surface area contributed by atoms with Gasteiger partial charge in [-0.15, -0.1) is 9.24 Å². The Hall–Kier alpha value is -1.70. The van der Waals surface area contributed by atoms with Crippen LogP contribution in [0.5, 0.6) is 0 Å². The summed E-state index contributed by atoms with van der Waals surface area (Å²) < 4.78 is 5.78. The van der Waals surface area contributed by atoms with Crippen molar-refractivity contribution in [3.8, 4) is 11.3 Å². The van der Waals surface area contributed by atoms with E-state index >= 15 is 0 Å². The minimum Gasteiger partial charge on any atom is -0.451 e. The van der Waals surface area contributed by atoms with E-state index in [-0.39, 0.29) is 11.2 Å². The molecular formula is C19H19ClNO2P. The number of furan rings is 1. The van der Waals surface area contributed by atoms with Crippen LogP contribution in [0.3, 0.4) is 0 Å². The van der Waals surface area contributed by atoms with Gasteiger partial charge in [0.25, 0.3) is 0 Å². The first kappa shape index (κ1) is 17.1. The second kappa shape index (κ2) is 5.98. The molecule has 3 rings (SSSR count). The lowest BCUT2D eigenvalue weighted by atomic mass is 9.86. The summed E-state index contributed by atoms with van der Waals surface area (Å²) in [5.74, 6) is 0.233. The summed E-state index contributed by atoms with van der Waals surface area (Å²) in [4.78, 5) is 16.4. The number of hydrogen-bond donors (Lipinski definition) is 0. The van der Waals surface area contributed by atoms with Crippen molar-refractivity contribution in [1.82, 2.24) is 4.98 Å². The quantitative estimate of drug-likeness (QED) is 0.469. The monoisotopic (exact) mass is 359 g/mol. The highest BCUT2D eigenvalue weighted by Crippen LogP contribution is 2.34. The van der Waals surface area contributed by atoms with Crippen LogP contribution < -0.4 is 5.30 Å². The predicted molar refractivity (Wildman–Crippen MR) is 103 cm³/mol. The van der Waals surface area contributed by atoms with Crippen LogP contribution in [0.25, 0.3) is 22.4 Å². The van der Waals surface area contributed by atoms with Crippen molar-refractivity contribution < 1.29 is 9.21 Å². The van der Waals surface area contributed by atoms with E-state index in [2.05, 4.69) is 30.0 Å². The van der Waals surface area contributed by atoms with Crippen molar-refractivity contribution in [2.24, 2.45) is 0 Å². The zero-order chi connectivity index (χ0) is 17.6. The first-order valence-corrected chi connectivity index (χ1v) is 8.64. The topological polar surface area (TPSA) is 43.1 Å². The molecule has 24 heavy (non-hydrogen) atoms. The molecule has 0 aliphatic rings. The fourth-order valence-electron chi connectivity index (χ4n) is 2.60. The van der Waals surface area contributed by atoms with Gasteiger partial charge >= 0.3 is 0 Å². The van der Waals surface area contributed by atoms with Crippen molar-refractivity contribution in [2.45, 2.75) is 33.1 Å². The number of pyridine rings is 1. The Labute approximate surface area is 148 Å². The van der Waals surface area contributed by atoms with Gasteiger partial charge in [0.2, 0.25) is 0 Å². The summed E-state index contributed by atoms with van der Waals surface area (Å²) in [5.41, 5.74) is 4.07. The number of carbonyl (C=O) groups excluding carboxylic acids is 1. The van der Waals surface area contributed by atoms with E-state index in [0.29, 0.717) is 21.9 Å². The Bertz CT molecular complexity index is 954. The predicted octanol–water partition coefficient (Wildman–Crippen LogP) is 5.15. The molecule has 0 aliphatic heterocycles. The Balaban J connectivity index is 2.29. The van der Waals surface area contributed by atoms with Crippen LogP contribution in [-0.2, 0) is 5.41 Å². The van der Waals surface area contributed by atoms with Crippen LogP contribution in [0.2, 0.25) is 5.02 Å². The van der Waals surface area contributed by atoms with Gasteiger partial charge in [-0.05, 0) is 28.9 Å². The Morgan fingerprint density at radius 2 is 1.92 bits per heavy atom. The standard InChI is InChI=1S/C19H19ClNO2P/c1-10(22)16-9-15-18(23-16)12(19(2,3)4)8-14(21-15)11-5-6-13(20)17(24)7-11/h5-9H,24H2,1-4H3. The Kier molecular flexibility index (Phi) is 4.27. The molecule has 1 atom stereocenters. The maximum atomic E-state index is 11.7. The number of aromatic nitrogens is 1. The molecule has 0 radical (unpaired) electrons. The minimum atomic E-state index is -0.141. The average Bonchev–Trinajstić information content (AvgIpc) is 2.92. The van der Waals surface area contributed by atoms with Crippen molar-refractivity contribution in [3.63, 3.8) is 0 Å². The van der Waals surface area contributed by atoms with Gasteiger partial charge in [-0.1, -0.05) is 38.4 Å². The minimum absolute atomic E-state index is 0.104. The number of ketones is 1. The molecule has 2 aromatic heterocycles. The van der Waals surface area contributed by atoms with Gasteiger partial charge in [0.1, 0.15) is 5.52 Å². The number of rotatable bonds is 2. The van der Waals surface area contributed by atoms with E-state index in [1.54, 1.807) is 6.07 Å². The van der Waals surface area contributed by atoms with Crippen LogP contribution >= 0.6 is 20.8 Å². The van der Waals surface area contributed by atoms with E-state index in [9.17, 15) is 4.79 Å². The number of carbonyl (C=O) groups is 1. The molecular weight excluding hydrogens is 341 g/mol. The lowest BCUT2D eigenvalue weighted by molar-refractivity contribution is 0.0989. The number of hydrogen-bond acceptors (Lipinski definition) is 3. The molecule has 2 heterocycles. The Morgan fingerprint density at radius 3 is 2.50 bits per heavy atom. The maximum absolute atomic E-state index is 11.7. The molecule has 3 nitrogen and oxygen atoms in total. The Morgan fingerprint density at radius 1 is 1.21 bits per heavy atom. The van der Waals surface area contributed by atoms with Crippen molar-refractivity contribution in [2.75, 3.05) is 0 Å². The highest BCUT2D eigenvalue weighted by atomic mass is 35.5. The van der Waals surface area contributed by atoms with Gasteiger partial charge < -0.3 is 4.42 Å². The third-order valence-corrected chi connectivity index (χ3v) is 4.93. The first-order chi connectivity index (χ1) is 11.2. The molecule has 0 saturated heterocycles. The SMILES string of the molecule is CC(=O)c1cc2nc(-c3ccc(Cl)c(P)c3)cc(C(C)(C)C)c2o1. The molecule has 5 heteroatoms. The fraction of sp³-hybridized carbons (Fsp3) is 0.263. The molecule has 0 amide bonds. The highest BCUT2D eigenvalue weighted by Gasteiger charge is 2.23. The zero-order valence-electron chi connectivity index (χ0n) is 14.1. The summed E-state index contributed by atoms with van der Waals surface area (Å²) in [6, 6.07) is 9.54. The lowest BCUT2D eigenvalue weighted by Crippen LogP contribution is -2.12. The number of benzene rings is 1. The van der Waals surface area contributed by atoms with E-state index < -0.39 is 0 Å². The molecule has 1 unspecified atom stereocenters. The normalized spacial score (nSPS) is 11.9. The van der Waals surface area contributed by atoms with Gasteiger partial charge in [0, 0.05) is 29.1 Å². The number of halogens is 1. The molecule has 0 fully saturated rings. The summed E-state index contributed by atoms with van der Waals surface area (Å²) in [7, 11) is 2.63. The van der Waals surface area contributed by atoms with E-state index in [0.717, 1.165) is 22.1 Å². The largest absolute Gasteiger partial charge is 0.451 e. The third-order valence-electron chi connectivity index (χ3n) is 3.93. The lowest BCUT2D eigenvalue weighted by Gasteiger charge is -2.20. The van der Waals surface area contributed by atoms with Crippen LogP contribution in [0.4, 0.5) is 0 Å². The molecule has 1 aromatic carbocycles. The highest BCUT2D eigenvalue weighted by molar-refractivity contribution is 7.28. The molecule has 3 aromatic rings. The maximum Gasteiger partial charge on any atom is 0.195 e. The molecule has 0 saturated carbocycles. The summed E-state index contributed by atoms with van der Waals surface area (Å²) in [5, 5.41) is 1.62. The van der Waals surface area contributed by atoms with Gasteiger partial charge in [-0.3, -0.25) is 4.79 Å². The fourth-order valence-corrected chi connectivity index (χ4v) is 3.00. The molecule has 0 bridgehead atoms. The molecule has 0 spiro atoms. The van der Waals surface area contributed by atoms with E-state index in [1.807, 2.05) is 24.3 Å². The van der Waals surface area contributed by atoms with Crippen molar-refractivity contribution >= 4 is 43.0 Å². The van der Waals surface area contributed by atoms with Gasteiger partial charge in [-0.25, -0.2) is 4.98 Å². The van der Waals surface area contributed by atoms with Crippen LogP contribution in [0.1, 0.15) is 43.8 Å². The smallest absolute Gasteiger partial charge is 0.195 e. The summed E-state index contributed by atoms with van der Waals surface area (Å²) in [6.45, 7) is 7.84. The van der Waals surface area contributed by atoms with Gasteiger partial charge in [-0.2, -0.15) is 0 Å². The number of fused-ring (bicyclic) bond motifs is 1. The van der Waals surface area contributed by atoms with E-state index in [4.69, 9.17) is 21.0 Å². The number of Topliss-reactive ketones (excluding diaryl/α,β-unsaturated/α-hetero) is 1. The molecule has 124 valence electrons. The van der Waals surface area contributed by atoms with Crippen molar-refractivity contribution in [1.29, 1.82) is 0 Å². The number of nitrogens with zero attached hydrogens (tertiary/aromatic N) is 1. The first-order valence-electron chi connectivity index (χ1n) is 7.68. The van der Waals surface area contributed by atoms with E-state index in [1.165, 1.54) is 6.92 Å². The summed E-state index contributed by atoms with van der Waals surface area (Å²) in [6.07, 6.45) is 0. The van der Waals surface area contributed by atoms with Crippen LogP contribution in [0, 0.1) is 0 Å². The van der Waals surface area contributed by atoms with Crippen molar-refractivity contribution in [3.05, 3.63) is 46.7 Å². The van der Waals surface area contributed by atoms with Crippen LogP contribution in [0.15, 0.2) is 34.7 Å². The zero-order valence-corrected chi connectivity index (χ0v) is 16.0. The molecule has 0 aliphatic carbocycles. The van der Waals surface area contributed by atoms with Gasteiger partial charge in [0.05, 0.1) is 5.69 Å². The van der Waals surface area contributed by atoms with Crippen LogP contribution in [-0.4, -0.2) is 10.8 Å². The summed E-state index contributed by atoms with van der Waals surface area (Å²) >= 11 is 6.11. The third kappa shape index (κ3) is 3.11. The second-order valence-electron chi connectivity index (χ2n) is 6.92.